The number of benzene rings is 2. The SMILES string of the molecule is CC(NC(=O)C1CC1)c1nnc(SCc2ccccc2)n1-c1ccc(Cl)cc1Cl. The van der Waals surface area contributed by atoms with E-state index in [1.54, 1.807) is 23.9 Å². The van der Waals surface area contributed by atoms with E-state index in [9.17, 15) is 4.79 Å². The third-order valence-corrected chi connectivity index (χ3v) is 6.25. The number of thioether (sulfide) groups is 1. The van der Waals surface area contributed by atoms with Crippen LogP contribution in [0.15, 0.2) is 53.7 Å². The highest BCUT2D eigenvalue weighted by molar-refractivity contribution is 7.98. The lowest BCUT2D eigenvalue weighted by Gasteiger charge is -2.17. The molecule has 1 fully saturated rings. The number of nitrogens with one attached hydrogen (secondary N) is 1. The molecule has 5 nitrogen and oxygen atoms in total. The number of amides is 1. The zero-order chi connectivity index (χ0) is 20.4. The van der Waals surface area contributed by atoms with Gasteiger partial charge in [-0.15, -0.1) is 10.2 Å². The molecule has 3 aromatic rings. The van der Waals surface area contributed by atoms with Crippen molar-refractivity contribution in [3.63, 3.8) is 0 Å². The molecule has 4 rings (SSSR count). The van der Waals surface area contributed by atoms with E-state index in [0.29, 0.717) is 21.0 Å². The maximum atomic E-state index is 12.2. The lowest BCUT2D eigenvalue weighted by atomic mass is 10.2. The Morgan fingerprint density at radius 1 is 1.21 bits per heavy atom. The Bertz CT molecular complexity index is 1020. The summed E-state index contributed by atoms with van der Waals surface area (Å²) >= 11 is 14.1. The average Bonchev–Trinajstić information content (AvgIpc) is 3.48. The number of hydrogen-bond acceptors (Lipinski definition) is 4. The molecular formula is C21H20Cl2N4OS. The summed E-state index contributed by atoms with van der Waals surface area (Å²) in [6, 6.07) is 15.2. The highest BCUT2D eigenvalue weighted by atomic mass is 35.5. The number of hydrogen-bond donors (Lipinski definition) is 1. The van der Waals surface area contributed by atoms with Crippen molar-refractivity contribution in [1.82, 2.24) is 20.1 Å². The first-order valence-electron chi connectivity index (χ1n) is 9.41. The first-order valence-corrected chi connectivity index (χ1v) is 11.1. The third-order valence-electron chi connectivity index (χ3n) is 4.71. The van der Waals surface area contributed by atoms with Crippen molar-refractivity contribution in [2.24, 2.45) is 5.92 Å². The van der Waals surface area contributed by atoms with Crippen molar-refractivity contribution < 1.29 is 4.79 Å². The van der Waals surface area contributed by atoms with E-state index < -0.39 is 0 Å². The molecule has 2 aromatic carbocycles. The molecule has 1 aliphatic carbocycles. The molecule has 1 heterocycles. The van der Waals surface area contributed by atoms with E-state index in [0.717, 1.165) is 24.3 Å². The van der Waals surface area contributed by atoms with E-state index in [-0.39, 0.29) is 17.9 Å². The first-order chi connectivity index (χ1) is 14.0. The molecule has 1 N–H and O–H groups in total. The van der Waals surface area contributed by atoms with Gasteiger partial charge in [-0.3, -0.25) is 9.36 Å². The Balaban J connectivity index is 1.66. The van der Waals surface area contributed by atoms with E-state index in [2.05, 4.69) is 27.6 Å². The van der Waals surface area contributed by atoms with Crippen LogP contribution in [0.1, 0.15) is 37.2 Å². The minimum Gasteiger partial charge on any atom is -0.346 e. The molecule has 29 heavy (non-hydrogen) atoms. The summed E-state index contributed by atoms with van der Waals surface area (Å²) in [6.07, 6.45) is 1.90. The van der Waals surface area contributed by atoms with E-state index >= 15 is 0 Å². The Morgan fingerprint density at radius 3 is 2.66 bits per heavy atom. The minimum atomic E-state index is -0.298. The molecule has 0 saturated heterocycles. The molecule has 1 unspecified atom stereocenters. The summed E-state index contributed by atoms with van der Waals surface area (Å²) in [7, 11) is 0. The van der Waals surface area contributed by atoms with Crippen LogP contribution in [0.5, 0.6) is 0 Å². The highest BCUT2D eigenvalue weighted by Crippen LogP contribution is 2.33. The second-order valence-electron chi connectivity index (χ2n) is 7.05. The topological polar surface area (TPSA) is 59.8 Å². The van der Waals surface area contributed by atoms with Gasteiger partial charge >= 0.3 is 0 Å². The standard InChI is InChI=1S/C21H20Cl2N4OS/c1-13(24-20(28)15-7-8-15)19-25-26-21(29-12-14-5-3-2-4-6-14)27(19)18-10-9-16(22)11-17(18)23/h2-6,9-11,13,15H,7-8,12H2,1H3,(H,24,28). The molecule has 8 heteroatoms. The van der Waals surface area contributed by atoms with E-state index in [1.807, 2.05) is 35.8 Å². The molecule has 0 radical (unpaired) electrons. The van der Waals surface area contributed by atoms with Crippen LogP contribution >= 0.6 is 35.0 Å². The summed E-state index contributed by atoms with van der Waals surface area (Å²) in [4.78, 5) is 12.2. The van der Waals surface area contributed by atoms with Crippen LogP contribution in [0.4, 0.5) is 0 Å². The lowest BCUT2D eigenvalue weighted by molar-refractivity contribution is -0.123. The van der Waals surface area contributed by atoms with E-state index in [1.165, 1.54) is 5.56 Å². The number of rotatable bonds is 7. The minimum absolute atomic E-state index is 0.0627. The van der Waals surface area contributed by atoms with Gasteiger partial charge in [0.15, 0.2) is 11.0 Å². The van der Waals surface area contributed by atoms with Crippen LogP contribution in [0.3, 0.4) is 0 Å². The lowest BCUT2D eigenvalue weighted by Crippen LogP contribution is -2.29. The van der Waals surface area contributed by atoms with Crippen molar-refractivity contribution in [3.05, 3.63) is 70.0 Å². The van der Waals surface area contributed by atoms with Gasteiger partial charge in [0.25, 0.3) is 0 Å². The Kier molecular flexibility index (Phi) is 6.13. The van der Waals surface area contributed by atoms with Crippen molar-refractivity contribution in [2.75, 3.05) is 0 Å². The van der Waals surface area contributed by atoms with Crippen LogP contribution in [0, 0.1) is 5.92 Å². The van der Waals surface area contributed by atoms with Crippen molar-refractivity contribution in [1.29, 1.82) is 0 Å². The van der Waals surface area contributed by atoms with E-state index in [4.69, 9.17) is 23.2 Å². The maximum absolute atomic E-state index is 12.2. The quantitative estimate of drug-likeness (QED) is 0.489. The van der Waals surface area contributed by atoms with Crippen molar-refractivity contribution >= 4 is 40.9 Å². The normalized spacial score (nSPS) is 14.6. The predicted octanol–water partition coefficient (Wildman–Crippen LogP) is 5.45. The van der Waals surface area contributed by atoms with Crippen LogP contribution < -0.4 is 5.32 Å². The van der Waals surface area contributed by atoms with Gasteiger partial charge in [-0.05, 0) is 43.5 Å². The summed E-state index contributed by atoms with van der Waals surface area (Å²) in [5.74, 6) is 1.57. The molecule has 1 atom stereocenters. The first kappa shape index (κ1) is 20.3. The summed E-state index contributed by atoms with van der Waals surface area (Å²) in [5, 5.41) is 13.6. The fourth-order valence-electron chi connectivity index (χ4n) is 3.01. The average molecular weight is 447 g/mol. The molecule has 1 amide bonds. The van der Waals surface area contributed by atoms with Gasteiger partial charge in [0.05, 0.1) is 16.8 Å². The monoisotopic (exact) mass is 446 g/mol. The molecule has 0 spiro atoms. The predicted molar refractivity (Wildman–Crippen MR) is 117 cm³/mol. The Hall–Kier alpha value is -2.02. The Labute approximate surface area is 183 Å². The van der Waals surface area contributed by atoms with Crippen LogP contribution in [-0.4, -0.2) is 20.7 Å². The maximum Gasteiger partial charge on any atom is 0.223 e. The van der Waals surface area contributed by atoms with Gasteiger partial charge in [-0.1, -0.05) is 65.3 Å². The number of halogens is 2. The van der Waals surface area contributed by atoms with Crippen LogP contribution in [0.25, 0.3) is 5.69 Å². The van der Waals surface area contributed by atoms with Gasteiger partial charge in [-0.2, -0.15) is 0 Å². The second-order valence-corrected chi connectivity index (χ2v) is 8.84. The fourth-order valence-corrected chi connectivity index (χ4v) is 4.41. The zero-order valence-corrected chi connectivity index (χ0v) is 18.1. The zero-order valence-electron chi connectivity index (χ0n) is 15.8. The van der Waals surface area contributed by atoms with Crippen LogP contribution in [-0.2, 0) is 10.5 Å². The molecule has 1 aliphatic rings. The number of nitrogens with zero attached hydrogens (tertiary/aromatic N) is 3. The molecule has 1 saturated carbocycles. The van der Waals surface area contributed by atoms with Crippen molar-refractivity contribution in [3.8, 4) is 5.69 Å². The molecular weight excluding hydrogens is 427 g/mol. The van der Waals surface area contributed by atoms with Gasteiger partial charge in [0, 0.05) is 16.7 Å². The summed E-state index contributed by atoms with van der Waals surface area (Å²) in [5.41, 5.74) is 1.92. The van der Waals surface area contributed by atoms with Gasteiger partial charge in [0.2, 0.25) is 5.91 Å². The fraction of sp³-hybridized carbons (Fsp3) is 0.286. The van der Waals surface area contributed by atoms with Crippen molar-refractivity contribution in [2.45, 2.75) is 36.7 Å². The van der Waals surface area contributed by atoms with Gasteiger partial charge in [-0.25, -0.2) is 0 Å². The smallest absolute Gasteiger partial charge is 0.223 e. The third kappa shape index (κ3) is 4.77. The second kappa shape index (κ2) is 8.78. The van der Waals surface area contributed by atoms with Crippen LogP contribution in [0.2, 0.25) is 10.0 Å². The molecule has 150 valence electrons. The number of aromatic nitrogens is 3. The Morgan fingerprint density at radius 2 is 1.97 bits per heavy atom. The molecule has 1 aromatic heterocycles. The van der Waals surface area contributed by atoms with Gasteiger partial charge in [0.1, 0.15) is 0 Å². The summed E-state index contributed by atoms with van der Waals surface area (Å²) < 4.78 is 1.91. The molecule has 0 bridgehead atoms. The largest absolute Gasteiger partial charge is 0.346 e. The summed E-state index contributed by atoms with van der Waals surface area (Å²) in [6.45, 7) is 1.91. The highest BCUT2D eigenvalue weighted by Gasteiger charge is 2.32. The molecule has 0 aliphatic heterocycles. The van der Waals surface area contributed by atoms with Gasteiger partial charge < -0.3 is 5.32 Å². The number of carbonyl (C=O) groups is 1. The number of carbonyl (C=O) groups excluding carboxylic acids is 1.